The molecule has 2 rings (SSSR count). The quantitative estimate of drug-likeness (QED) is 0.838. The molecule has 1 aromatic carbocycles. The second-order valence-electron chi connectivity index (χ2n) is 3.01. The van der Waals surface area contributed by atoms with Gasteiger partial charge in [0.05, 0.1) is 5.02 Å². The molecule has 16 heavy (non-hydrogen) atoms. The number of carbonyl (C=O) groups is 1. The predicted molar refractivity (Wildman–Crippen MR) is 58.3 cm³/mol. The molecule has 0 aliphatic rings. The summed E-state index contributed by atoms with van der Waals surface area (Å²) in [6.45, 7) is 0. The Balaban J connectivity index is 2.64. The van der Waals surface area contributed by atoms with E-state index in [1.54, 1.807) is 24.3 Å². The minimum atomic E-state index is -1.21. The first-order valence-corrected chi connectivity index (χ1v) is 4.72. The summed E-state index contributed by atoms with van der Waals surface area (Å²) in [6.07, 6.45) is 0. The Kier molecular flexibility index (Phi) is 2.54. The van der Waals surface area contributed by atoms with Crippen molar-refractivity contribution in [3.05, 3.63) is 35.0 Å². The van der Waals surface area contributed by atoms with Crippen LogP contribution in [0, 0.1) is 0 Å². The fourth-order valence-electron chi connectivity index (χ4n) is 1.31. The van der Waals surface area contributed by atoms with Gasteiger partial charge in [-0.05, 0) is 12.1 Å². The monoisotopic (exact) mass is 238 g/mol. The third-order valence-electron chi connectivity index (χ3n) is 1.96. The molecule has 2 aromatic rings. The number of anilines is 1. The zero-order valence-electron chi connectivity index (χ0n) is 7.98. The predicted octanol–water partition coefficient (Wildman–Crippen LogP) is 2.28. The fraction of sp³-hybridized carbons (Fsp3) is 0. The number of carboxylic acid groups (broad SMARTS) is 1. The molecule has 6 heteroatoms. The molecule has 0 unspecified atom stereocenters. The number of aromatic nitrogens is 1. The molecule has 0 aliphatic carbocycles. The highest BCUT2D eigenvalue weighted by molar-refractivity contribution is 6.33. The lowest BCUT2D eigenvalue weighted by Gasteiger charge is -1.99. The first kappa shape index (κ1) is 10.5. The van der Waals surface area contributed by atoms with Gasteiger partial charge in [0.2, 0.25) is 0 Å². The van der Waals surface area contributed by atoms with Crippen molar-refractivity contribution in [2.45, 2.75) is 0 Å². The smallest absolute Gasteiger partial charge is 0.358 e. The number of nitrogens with zero attached hydrogens (tertiary/aromatic N) is 1. The number of benzene rings is 1. The topological polar surface area (TPSA) is 89.3 Å². The molecule has 0 saturated heterocycles. The Morgan fingerprint density at radius 2 is 2.12 bits per heavy atom. The van der Waals surface area contributed by atoms with E-state index in [9.17, 15) is 4.79 Å². The minimum absolute atomic E-state index is 0.0654. The van der Waals surface area contributed by atoms with Gasteiger partial charge >= 0.3 is 5.97 Å². The van der Waals surface area contributed by atoms with Crippen LogP contribution in [0.25, 0.3) is 11.3 Å². The molecule has 0 bridgehead atoms. The van der Waals surface area contributed by atoms with E-state index in [2.05, 4.69) is 4.98 Å². The van der Waals surface area contributed by atoms with E-state index in [4.69, 9.17) is 26.9 Å². The highest BCUT2D eigenvalue weighted by Crippen LogP contribution is 2.31. The van der Waals surface area contributed by atoms with Crippen LogP contribution in [0.2, 0.25) is 5.02 Å². The van der Waals surface area contributed by atoms with Gasteiger partial charge in [-0.3, -0.25) is 0 Å². The van der Waals surface area contributed by atoms with E-state index in [0.717, 1.165) is 0 Å². The zero-order chi connectivity index (χ0) is 11.7. The van der Waals surface area contributed by atoms with Crippen molar-refractivity contribution in [3.63, 3.8) is 0 Å². The van der Waals surface area contributed by atoms with Crippen LogP contribution >= 0.6 is 11.6 Å². The number of hydrogen-bond acceptors (Lipinski definition) is 4. The molecule has 0 atom stereocenters. The summed E-state index contributed by atoms with van der Waals surface area (Å²) in [5, 5.41) is 9.29. The molecular weight excluding hydrogens is 232 g/mol. The summed E-state index contributed by atoms with van der Waals surface area (Å²) in [4.78, 5) is 14.5. The highest BCUT2D eigenvalue weighted by Gasteiger charge is 2.21. The molecule has 0 radical (unpaired) electrons. The largest absolute Gasteiger partial charge is 0.476 e. The number of oxazole rings is 1. The highest BCUT2D eigenvalue weighted by atomic mass is 35.5. The molecule has 82 valence electrons. The van der Waals surface area contributed by atoms with Gasteiger partial charge in [-0.15, -0.1) is 0 Å². The summed E-state index contributed by atoms with van der Waals surface area (Å²) >= 11 is 5.92. The second kappa shape index (κ2) is 3.86. The number of nitrogens with two attached hydrogens (primary N) is 1. The fourth-order valence-corrected chi connectivity index (χ4v) is 1.53. The molecule has 1 aromatic heterocycles. The Morgan fingerprint density at radius 1 is 1.44 bits per heavy atom. The van der Waals surface area contributed by atoms with E-state index in [-0.39, 0.29) is 17.5 Å². The van der Waals surface area contributed by atoms with Crippen molar-refractivity contribution >= 4 is 23.6 Å². The minimum Gasteiger partial charge on any atom is -0.476 e. The van der Waals surface area contributed by atoms with Crippen LogP contribution in [0.3, 0.4) is 0 Å². The van der Waals surface area contributed by atoms with E-state index >= 15 is 0 Å². The summed E-state index contributed by atoms with van der Waals surface area (Å²) in [6, 6.07) is 6.50. The summed E-state index contributed by atoms with van der Waals surface area (Å²) in [5.41, 5.74) is 5.53. The molecule has 3 N–H and O–H groups in total. The third kappa shape index (κ3) is 1.72. The van der Waals surface area contributed by atoms with Crippen LogP contribution in [0.5, 0.6) is 0 Å². The number of halogens is 1. The first-order valence-electron chi connectivity index (χ1n) is 4.34. The SMILES string of the molecule is Nc1nc(C(=O)O)c(-c2ccccc2Cl)o1. The number of aromatic carboxylic acids is 1. The van der Waals surface area contributed by atoms with Crippen molar-refractivity contribution in [1.82, 2.24) is 4.98 Å². The summed E-state index contributed by atoms with van der Waals surface area (Å²) < 4.78 is 5.04. The standard InChI is InChI=1S/C10H7ClN2O3/c11-6-4-2-1-3-5(6)8-7(9(14)15)13-10(12)16-8/h1-4H,(H2,12,13)(H,14,15). The van der Waals surface area contributed by atoms with Gasteiger partial charge in [-0.2, -0.15) is 4.98 Å². The van der Waals surface area contributed by atoms with Crippen LogP contribution in [-0.4, -0.2) is 16.1 Å². The first-order chi connectivity index (χ1) is 7.59. The van der Waals surface area contributed by atoms with Gasteiger partial charge in [0.15, 0.2) is 11.5 Å². The van der Waals surface area contributed by atoms with E-state index < -0.39 is 5.97 Å². The van der Waals surface area contributed by atoms with Gasteiger partial charge in [0.1, 0.15) is 0 Å². The maximum atomic E-state index is 10.9. The normalized spacial score (nSPS) is 10.3. The molecule has 5 nitrogen and oxygen atoms in total. The Labute approximate surface area is 95.5 Å². The van der Waals surface area contributed by atoms with Gasteiger partial charge in [-0.25, -0.2) is 4.79 Å². The van der Waals surface area contributed by atoms with Crippen LogP contribution in [0.1, 0.15) is 10.5 Å². The van der Waals surface area contributed by atoms with Gasteiger partial charge < -0.3 is 15.3 Å². The molecule has 1 heterocycles. The lowest BCUT2D eigenvalue weighted by atomic mass is 10.1. The molecule has 0 saturated carbocycles. The van der Waals surface area contributed by atoms with Crippen LogP contribution in [0.4, 0.5) is 6.01 Å². The van der Waals surface area contributed by atoms with Crippen molar-refractivity contribution < 1.29 is 14.3 Å². The number of nitrogen functional groups attached to an aromatic ring is 1. The van der Waals surface area contributed by atoms with E-state index in [1.807, 2.05) is 0 Å². The third-order valence-corrected chi connectivity index (χ3v) is 2.29. The number of rotatable bonds is 2. The number of hydrogen-bond donors (Lipinski definition) is 2. The van der Waals surface area contributed by atoms with Gasteiger partial charge in [0, 0.05) is 5.56 Å². The van der Waals surface area contributed by atoms with Gasteiger partial charge in [-0.1, -0.05) is 23.7 Å². The lowest BCUT2D eigenvalue weighted by molar-refractivity contribution is 0.0691. The van der Waals surface area contributed by atoms with Crippen LogP contribution in [0.15, 0.2) is 28.7 Å². The van der Waals surface area contributed by atoms with Crippen molar-refractivity contribution in [1.29, 1.82) is 0 Å². The average Bonchev–Trinajstić information content (AvgIpc) is 2.61. The van der Waals surface area contributed by atoms with E-state index in [1.165, 1.54) is 0 Å². The summed E-state index contributed by atoms with van der Waals surface area (Å²) in [5.74, 6) is -1.15. The van der Waals surface area contributed by atoms with Crippen molar-refractivity contribution in [2.75, 3.05) is 5.73 Å². The maximum Gasteiger partial charge on any atom is 0.358 e. The van der Waals surface area contributed by atoms with Crippen LogP contribution < -0.4 is 5.73 Å². The van der Waals surface area contributed by atoms with Gasteiger partial charge in [0.25, 0.3) is 6.01 Å². The lowest BCUT2D eigenvalue weighted by Crippen LogP contribution is -1.99. The molecule has 0 amide bonds. The van der Waals surface area contributed by atoms with Crippen molar-refractivity contribution in [3.8, 4) is 11.3 Å². The van der Waals surface area contributed by atoms with Crippen LogP contribution in [-0.2, 0) is 0 Å². The van der Waals surface area contributed by atoms with Crippen molar-refractivity contribution in [2.24, 2.45) is 0 Å². The molecule has 0 aliphatic heterocycles. The zero-order valence-corrected chi connectivity index (χ0v) is 8.73. The Hall–Kier alpha value is -2.01. The molecular formula is C10H7ClN2O3. The maximum absolute atomic E-state index is 10.9. The number of carboxylic acids is 1. The molecule has 0 fully saturated rings. The average molecular weight is 239 g/mol. The summed E-state index contributed by atoms with van der Waals surface area (Å²) in [7, 11) is 0. The molecule has 0 spiro atoms. The second-order valence-corrected chi connectivity index (χ2v) is 3.42. The van der Waals surface area contributed by atoms with E-state index in [0.29, 0.717) is 10.6 Å². The Morgan fingerprint density at radius 3 is 2.75 bits per heavy atom. The Bertz CT molecular complexity index is 551.